The molecule has 0 aliphatic heterocycles. The molecule has 0 amide bonds. The highest BCUT2D eigenvalue weighted by molar-refractivity contribution is 6.35. The van der Waals surface area contributed by atoms with Gasteiger partial charge in [0.2, 0.25) is 5.95 Å². The molecule has 1 aromatic heterocycles. The van der Waals surface area contributed by atoms with Crippen molar-refractivity contribution in [2.75, 3.05) is 5.73 Å². The van der Waals surface area contributed by atoms with Gasteiger partial charge in [0.15, 0.2) is 0 Å². The highest BCUT2D eigenvalue weighted by atomic mass is 35.5. The number of benzene rings is 1. The summed E-state index contributed by atoms with van der Waals surface area (Å²) in [5.74, 6) is -0.264. The average Bonchev–Trinajstić information content (AvgIpc) is 2.32. The summed E-state index contributed by atoms with van der Waals surface area (Å²) in [5, 5.41) is 11.4. The highest BCUT2D eigenvalue weighted by Crippen LogP contribution is 2.34. The molecule has 9 heteroatoms. The molecule has 98 valence electrons. The molecule has 2 N–H and O–H groups in total. The molecular formula is C10H6Cl2N4O3. The number of rotatable bonds is 3. The van der Waals surface area contributed by atoms with E-state index in [9.17, 15) is 10.1 Å². The number of nitrogens with two attached hydrogens (primary N) is 1. The Hall–Kier alpha value is -2.12. The summed E-state index contributed by atoms with van der Waals surface area (Å²) in [7, 11) is 0. The van der Waals surface area contributed by atoms with E-state index in [2.05, 4.69) is 9.97 Å². The summed E-state index contributed by atoms with van der Waals surface area (Å²) in [6, 6.07) is 4.43. The van der Waals surface area contributed by atoms with Crippen molar-refractivity contribution in [2.24, 2.45) is 0 Å². The molecule has 0 aliphatic carbocycles. The Kier molecular flexibility index (Phi) is 3.68. The third-order valence-corrected chi connectivity index (χ3v) is 2.58. The first-order valence-electron chi connectivity index (χ1n) is 4.87. The Labute approximate surface area is 117 Å². The van der Waals surface area contributed by atoms with Gasteiger partial charge in [0.25, 0.3) is 0 Å². The Morgan fingerprint density at radius 3 is 2.74 bits per heavy atom. The highest BCUT2D eigenvalue weighted by Gasteiger charge is 2.20. The fraction of sp³-hybridized carbons (Fsp3) is 0. The van der Waals surface area contributed by atoms with Gasteiger partial charge in [-0.3, -0.25) is 10.1 Å². The average molecular weight is 301 g/mol. The van der Waals surface area contributed by atoms with E-state index in [0.29, 0.717) is 5.02 Å². The molecule has 0 spiro atoms. The maximum Gasteiger partial charge on any atom is 0.349 e. The molecule has 0 radical (unpaired) electrons. The Morgan fingerprint density at radius 1 is 1.37 bits per heavy atom. The summed E-state index contributed by atoms with van der Waals surface area (Å²) in [6.07, 6.45) is 0.960. The van der Waals surface area contributed by atoms with Gasteiger partial charge in [0.05, 0.1) is 9.95 Å². The smallest absolute Gasteiger partial charge is 0.349 e. The first kappa shape index (κ1) is 13.3. The van der Waals surface area contributed by atoms with Gasteiger partial charge < -0.3 is 10.5 Å². The SMILES string of the molecule is Nc1ncc([N+](=O)[O-])c(Oc2ccc(Cl)cc2Cl)n1. The van der Waals surface area contributed by atoms with E-state index < -0.39 is 10.6 Å². The number of hydrogen-bond acceptors (Lipinski definition) is 6. The number of nitro groups is 1. The molecular weight excluding hydrogens is 295 g/mol. The second-order valence-electron chi connectivity index (χ2n) is 3.35. The maximum absolute atomic E-state index is 10.8. The molecule has 2 aromatic rings. The van der Waals surface area contributed by atoms with Crippen LogP contribution >= 0.6 is 23.2 Å². The lowest BCUT2D eigenvalue weighted by atomic mass is 10.3. The number of anilines is 1. The van der Waals surface area contributed by atoms with E-state index in [0.717, 1.165) is 6.20 Å². The van der Waals surface area contributed by atoms with Gasteiger partial charge in [-0.2, -0.15) is 4.98 Å². The number of ether oxygens (including phenoxy) is 1. The van der Waals surface area contributed by atoms with Crippen LogP contribution < -0.4 is 10.5 Å². The molecule has 19 heavy (non-hydrogen) atoms. The zero-order valence-electron chi connectivity index (χ0n) is 9.21. The molecule has 0 saturated carbocycles. The summed E-state index contributed by atoms with van der Waals surface area (Å²) >= 11 is 11.6. The predicted molar refractivity (Wildman–Crippen MR) is 69.6 cm³/mol. The van der Waals surface area contributed by atoms with Crippen LogP contribution in [0.3, 0.4) is 0 Å². The van der Waals surface area contributed by atoms with Gasteiger partial charge in [-0.05, 0) is 18.2 Å². The number of hydrogen-bond donors (Lipinski definition) is 1. The fourth-order valence-electron chi connectivity index (χ4n) is 1.24. The molecule has 1 heterocycles. The van der Waals surface area contributed by atoms with Gasteiger partial charge in [-0.25, -0.2) is 4.98 Å². The van der Waals surface area contributed by atoms with Crippen LogP contribution in [-0.4, -0.2) is 14.9 Å². The van der Waals surface area contributed by atoms with Crippen LogP contribution in [0.2, 0.25) is 10.0 Å². The van der Waals surface area contributed by atoms with E-state index in [4.69, 9.17) is 33.7 Å². The van der Waals surface area contributed by atoms with Gasteiger partial charge in [-0.1, -0.05) is 23.2 Å². The van der Waals surface area contributed by atoms with Gasteiger partial charge >= 0.3 is 11.6 Å². The lowest BCUT2D eigenvalue weighted by Crippen LogP contribution is -2.01. The lowest BCUT2D eigenvalue weighted by Gasteiger charge is -2.07. The van der Waals surface area contributed by atoms with Gasteiger partial charge in [0.1, 0.15) is 11.9 Å². The van der Waals surface area contributed by atoms with E-state index in [1.807, 2.05) is 0 Å². The zero-order chi connectivity index (χ0) is 14.0. The van der Waals surface area contributed by atoms with Crippen molar-refractivity contribution >= 4 is 34.8 Å². The second kappa shape index (κ2) is 5.25. The number of aromatic nitrogens is 2. The molecule has 0 atom stereocenters. The van der Waals surface area contributed by atoms with Crippen molar-refractivity contribution in [1.82, 2.24) is 9.97 Å². The van der Waals surface area contributed by atoms with Crippen LogP contribution in [0.5, 0.6) is 11.6 Å². The molecule has 0 unspecified atom stereocenters. The van der Waals surface area contributed by atoms with E-state index in [-0.39, 0.29) is 22.6 Å². The van der Waals surface area contributed by atoms with E-state index >= 15 is 0 Å². The minimum Gasteiger partial charge on any atom is -0.432 e. The van der Waals surface area contributed by atoms with Crippen LogP contribution in [0.15, 0.2) is 24.4 Å². The van der Waals surface area contributed by atoms with Crippen molar-refractivity contribution in [1.29, 1.82) is 0 Å². The van der Waals surface area contributed by atoms with Gasteiger partial charge in [0, 0.05) is 5.02 Å². The maximum atomic E-state index is 10.8. The Bertz CT molecular complexity index is 651. The van der Waals surface area contributed by atoms with Crippen molar-refractivity contribution in [3.8, 4) is 11.6 Å². The quantitative estimate of drug-likeness (QED) is 0.690. The van der Waals surface area contributed by atoms with Crippen LogP contribution in [0.1, 0.15) is 0 Å². The summed E-state index contributed by atoms with van der Waals surface area (Å²) in [5.41, 5.74) is 4.95. The lowest BCUT2D eigenvalue weighted by molar-refractivity contribution is -0.386. The van der Waals surface area contributed by atoms with Gasteiger partial charge in [-0.15, -0.1) is 0 Å². The third-order valence-electron chi connectivity index (χ3n) is 2.05. The standard InChI is InChI=1S/C10H6Cl2N4O3/c11-5-1-2-8(6(12)3-5)19-9-7(16(17)18)4-14-10(13)15-9/h1-4H,(H2,13,14,15). The fourth-order valence-corrected chi connectivity index (χ4v) is 1.68. The normalized spacial score (nSPS) is 10.2. The van der Waals surface area contributed by atoms with Crippen molar-refractivity contribution in [3.63, 3.8) is 0 Å². The molecule has 7 nitrogen and oxygen atoms in total. The Balaban J connectivity index is 2.42. The van der Waals surface area contributed by atoms with Crippen molar-refractivity contribution < 1.29 is 9.66 Å². The molecule has 0 bridgehead atoms. The summed E-state index contributed by atoms with van der Waals surface area (Å²) < 4.78 is 5.27. The summed E-state index contributed by atoms with van der Waals surface area (Å²) in [4.78, 5) is 17.3. The van der Waals surface area contributed by atoms with Crippen LogP contribution in [-0.2, 0) is 0 Å². The topological polar surface area (TPSA) is 104 Å². The first-order chi connectivity index (χ1) is 8.97. The van der Waals surface area contributed by atoms with E-state index in [1.165, 1.54) is 18.2 Å². The number of nitrogen functional groups attached to an aromatic ring is 1. The molecule has 0 fully saturated rings. The summed E-state index contributed by atoms with van der Waals surface area (Å²) in [6.45, 7) is 0. The minimum absolute atomic E-state index is 0.148. The molecule has 0 saturated heterocycles. The zero-order valence-corrected chi connectivity index (χ0v) is 10.7. The van der Waals surface area contributed by atoms with E-state index in [1.54, 1.807) is 0 Å². The second-order valence-corrected chi connectivity index (χ2v) is 4.20. The van der Waals surface area contributed by atoms with Crippen molar-refractivity contribution in [3.05, 3.63) is 44.6 Å². The first-order valence-corrected chi connectivity index (χ1v) is 5.63. The van der Waals surface area contributed by atoms with Crippen LogP contribution in [0.4, 0.5) is 11.6 Å². The third kappa shape index (κ3) is 3.01. The van der Waals surface area contributed by atoms with Crippen LogP contribution in [0.25, 0.3) is 0 Å². The Morgan fingerprint density at radius 2 is 2.11 bits per heavy atom. The molecule has 0 aliphatic rings. The number of nitrogens with zero attached hydrogens (tertiary/aromatic N) is 3. The number of halogens is 2. The van der Waals surface area contributed by atoms with Crippen molar-refractivity contribution in [2.45, 2.75) is 0 Å². The van der Waals surface area contributed by atoms with Crippen LogP contribution in [0, 0.1) is 10.1 Å². The largest absolute Gasteiger partial charge is 0.432 e. The predicted octanol–water partition coefficient (Wildman–Crippen LogP) is 3.07. The molecule has 2 rings (SSSR count). The molecule has 1 aromatic carbocycles. The minimum atomic E-state index is -0.682. The monoisotopic (exact) mass is 300 g/mol.